The van der Waals surface area contributed by atoms with Gasteiger partial charge in [0.1, 0.15) is 18.0 Å². The molecule has 0 saturated carbocycles. The van der Waals surface area contributed by atoms with Crippen molar-refractivity contribution in [2.24, 2.45) is 5.73 Å². The molecule has 4 rings (SSSR count). The largest absolute Gasteiger partial charge is 0.508 e. The minimum atomic E-state index is -1.45. The van der Waals surface area contributed by atoms with Crippen molar-refractivity contribution in [3.63, 3.8) is 0 Å². The fraction of sp³-hybridized carbons (Fsp3) is 0.192. The van der Waals surface area contributed by atoms with Gasteiger partial charge in [-0.05, 0) is 35.9 Å². The molecule has 1 unspecified atom stereocenters. The number of carbonyl (C=O) groups is 3. The number of amides is 3. The summed E-state index contributed by atoms with van der Waals surface area (Å²) in [4.78, 5) is 38.5. The Bertz CT molecular complexity index is 1350. The van der Waals surface area contributed by atoms with Crippen LogP contribution >= 0.6 is 11.6 Å². The Labute approximate surface area is 210 Å². The van der Waals surface area contributed by atoms with Gasteiger partial charge in [0, 0.05) is 28.1 Å². The van der Waals surface area contributed by atoms with Crippen LogP contribution in [0.2, 0.25) is 5.02 Å². The van der Waals surface area contributed by atoms with E-state index in [1.807, 2.05) is 0 Å². The molecule has 3 amide bonds. The number of rotatable bonds is 6. The van der Waals surface area contributed by atoms with Gasteiger partial charge in [-0.15, -0.1) is 0 Å². The molecule has 0 radical (unpaired) electrons. The second-order valence-corrected chi connectivity index (χ2v) is 8.87. The van der Waals surface area contributed by atoms with E-state index < -0.39 is 35.8 Å². The van der Waals surface area contributed by atoms with E-state index in [0.29, 0.717) is 10.6 Å². The standard InChI is InChI=1S/C26H22ClF2N3O4/c27-20-6-2-1-4-18(20)19-5-3-7-21(24(19)29)31-26(36)22-12-16(28)13-32(22)23(34)10-14-8-15(25(30)35)11-17(33)9-14/h1-9,11,16,22,33H,10,12-13H2,(H2,30,35)(H,31,36)/t16-,22?/m1/s1. The van der Waals surface area contributed by atoms with Gasteiger partial charge in [-0.25, -0.2) is 8.78 Å². The van der Waals surface area contributed by atoms with Crippen LogP contribution in [0.4, 0.5) is 14.5 Å². The van der Waals surface area contributed by atoms with Crippen LogP contribution in [-0.2, 0) is 16.0 Å². The number of nitrogens with two attached hydrogens (primary N) is 1. The van der Waals surface area contributed by atoms with Gasteiger partial charge < -0.3 is 21.1 Å². The number of carbonyl (C=O) groups excluding carboxylic acids is 3. The number of hydrogen-bond acceptors (Lipinski definition) is 4. The van der Waals surface area contributed by atoms with Gasteiger partial charge in [-0.2, -0.15) is 0 Å². The van der Waals surface area contributed by atoms with E-state index in [0.717, 1.165) is 11.0 Å². The topological polar surface area (TPSA) is 113 Å². The van der Waals surface area contributed by atoms with Crippen LogP contribution in [0.15, 0.2) is 60.7 Å². The molecule has 3 aromatic carbocycles. The summed E-state index contributed by atoms with van der Waals surface area (Å²) in [6.07, 6.45) is -2.01. The number of halogens is 3. The smallest absolute Gasteiger partial charge is 0.248 e. The monoisotopic (exact) mass is 513 g/mol. The lowest BCUT2D eigenvalue weighted by atomic mass is 10.0. The van der Waals surface area contributed by atoms with Crippen molar-refractivity contribution in [3.05, 3.63) is 82.6 Å². The number of alkyl halides is 1. The first-order valence-electron chi connectivity index (χ1n) is 11.0. The fourth-order valence-corrected chi connectivity index (χ4v) is 4.47. The number of phenolic OH excluding ortho intramolecular Hbond substituents is 1. The third-order valence-corrected chi connectivity index (χ3v) is 6.24. The van der Waals surface area contributed by atoms with E-state index in [1.165, 1.54) is 24.3 Å². The highest BCUT2D eigenvalue weighted by atomic mass is 35.5. The number of hydrogen-bond donors (Lipinski definition) is 3. The van der Waals surface area contributed by atoms with E-state index in [4.69, 9.17) is 17.3 Å². The predicted molar refractivity (Wildman–Crippen MR) is 131 cm³/mol. The van der Waals surface area contributed by atoms with Crippen LogP contribution in [-0.4, -0.2) is 46.5 Å². The summed E-state index contributed by atoms with van der Waals surface area (Å²) in [5.41, 5.74) is 6.00. The molecule has 1 heterocycles. The van der Waals surface area contributed by atoms with E-state index in [9.17, 15) is 23.9 Å². The summed E-state index contributed by atoms with van der Waals surface area (Å²) in [6, 6.07) is 13.7. The zero-order chi connectivity index (χ0) is 26.0. The molecule has 186 valence electrons. The molecule has 2 atom stereocenters. The number of anilines is 1. The number of phenols is 1. The Kier molecular flexibility index (Phi) is 7.21. The molecule has 1 fully saturated rings. The number of nitrogens with zero attached hydrogens (tertiary/aromatic N) is 1. The van der Waals surface area contributed by atoms with Crippen LogP contribution in [0.25, 0.3) is 11.1 Å². The van der Waals surface area contributed by atoms with Crippen LogP contribution < -0.4 is 11.1 Å². The van der Waals surface area contributed by atoms with Gasteiger partial charge in [0.2, 0.25) is 17.7 Å². The zero-order valence-corrected chi connectivity index (χ0v) is 19.6. The highest BCUT2D eigenvalue weighted by Crippen LogP contribution is 2.33. The van der Waals surface area contributed by atoms with Crippen molar-refractivity contribution >= 4 is 35.0 Å². The van der Waals surface area contributed by atoms with Gasteiger partial charge in [0.25, 0.3) is 0 Å². The second kappa shape index (κ2) is 10.3. The summed E-state index contributed by atoms with van der Waals surface area (Å²) in [6.45, 7) is -0.319. The van der Waals surface area contributed by atoms with Crippen molar-refractivity contribution in [2.75, 3.05) is 11.9 Å². The van der Waals surface area contributed by atoms with E-state index in [-0.39, 0.29) is 47.5 Å². The van der Waals surface area contributed by atoms with Gasteiger partial charge >= 0.3 is 0 Å². The third-order valence-electron chi connectivity index (χ3n) is 5.91. The number of likely N-dealkylation sites (tertiary alicyclic amines) is 1. The third kappa shape index (κ3) is 5.31. The van der Waals surface area contributed by atoms with Gasteiger partial charge in [-0.1, -0.05) is 41.9 Å². The molecule has 1 aliphatic rings. The molecule has 10 heteroatoms. The van der Waals surface area contributed by atoms with Crippen molar-refractivity contribution in [1.82, 2.24) is 4.90 Å². The maximum absolute atomic E-state index is 15.3. The van der Waals surface area contributed by atoms with Crippen LogP contribution in [0.3, 0.4) is 0 Å². The minimum absolute atomic E-state index is 0.00533. The zero-order valence-electron chi connectivity index (χ0n) is 18.9. The fourth-order valence-electron chi connectivity index (χ4n) is 4.24. The van der Waals surface area contributed by atoms with E-state index in [2.05, 4.69) is 5.32 Å². The molecule has 0 bridgehead atoms. The lowest BCUT2D eigenvalue weighted by Crippen LogP contribution is -2.44. The van der Waals surface area contributed by atoms with Crippen molar-refractivity contribution in [1.29, 1.82) is 0 Å². The van der Waals surface area contributed by atoms with E-state index >= 15 is 4.39 Å². The molecule has 1 saturated heterocycles. The summed E-state index contributed by atoms with van der Waals surface area (Å²) < 4.78 is 29.6. The first kappa shape index (κ1) is 25.1. The molecule has 0 aliphatic carbocycles. The SMILES string of the molecule is NC(=O)c1cc(O)cc(CC(=O)N2C[C@H](F)CC2C(=O)Nc2cccc(-c3ccccc3Cl)c2F)c1. The Balaban J connectivity index is 1.54. The molecular formula is C26H22ClF2N3O4. The van der Waals surface area contributed by atoms with Crippen molar-refractivity contribution < 1.29 is 28.3 Å². The number of aromatic hydroxyl groups is 1. The Morgan fingerprint density at radius 1 is 1.08 bits per heavy atom. The predicted octanol–water partition coefficient (Wildman–Crippen LogP) is 4.07. The van der Waals surface area contributed by atoms with Crippen LogP contribution in [0.5, 0.6) is 5.75 Å². The molecule has 0 aromatic heterocycles. The summed E-state index contributed by atoms with van der Waals surface area (Å²) in [5.74, 6) is -3.11. The molecule has 0 spiro atoms. The average Bonchev–Trinajstić information content (AvgIpc) is 3.22. The Morgan fingerprint density at radius 3 is 2.53 bits per heavy atom. The summed E-state index contributed by atoms with van der Waals surface area (Å²) in [5, 5.41) is 12.6. The number of nitrogens with one attached hydrogen (secondary N) is 1. The first-order valence-corrected chi connectivity index (χ1v) is 11.4. The molecule has 1 aliphatic heterocycles. The highest BCUT2D eigenvalue weighted by Gasteiger charge is 2.40. The average molecular weight is 514 g/mol. The Hall–Kier alpha value is -3.98. The summed E-state index contributed by atoms with van der Waals surface area (Å²) >= 11 is 6.18. The number of benzene rings is 3. The van der Waals surface area contributed by atoms with Gasteiger partial charge in [-0.3, -0.25) is 14.4 Å². The second-order valence-electron chi connectivity index (χ2n) is 8.46. The molecule has 3 aromatic rings. The molecule has 36 heavy (non-hydrogen) atoms. The van der Waals surface area contributed by atoms with Crippen molar-refractivity contribution in [3.8, 4) is 16.9 Å². The van der Waals surface area contributed by atoms with Gasteiger partial charge in [0.15, 0.2) is 5.82 Å². The van der Waals surface area contributed by atoms with Crippen LogP contribution in [0.1, 0.15) is 22.3 Å². The summed E-state index contributed by atoms with van der Waals surface area (Å²) in [7, 11) is 0. The maximum atomic E-state index is 15.3. The quantitative estimate of drug-likeness (QED) is 0.461. The first-order chi connectivity index (χ1) is 17.1. The molecule has 4 N–H and O–H groups in total. The molecule has 7 nitrogen and oxygen atoms in total. The highest BCUT2D eigenvalue weighted by molar-refractivity contribution is 6.33. The van der Waals surface area contributed by atoms with Crippen LogP contribution in [0, 0.1) is 5.82 Å². The van der Waals surface area contributed by atoms with Gasteiger partial charge in [0.05, 0.1) is 18.7 Å². The lowest BCUT2D eigenvalue weighted by molar-refractivity contribution is -0.136. The normalized spacial score (nSPS) is 17.1. The molecular weight excluding hydrogens is 492 g/mol. The number of primary amides is 1. The maximum Gasteiger partial charge on any atom is 0.248 e. The lowest BCUT2D eigenvalue weighted by Gasteiger charge is -2.24. The van der Waals surface area contributed by atoms with Crippen molar-refractivity contribution in [2.45, 2.75) is 25.1 Å². The van der Waals surface area contributed by atoms with E-state index in [1.54, 1.807) is 30.3 Å². The Morgan fingerprint density at radius 2 is 1.81 bits per heavy atom. The minimum Gasteiger partial charge on any atom is -0.508 e.